The second kappa shape index (κ2) is 9.47. The first-order chi connectivity index (χ1) is 13.5. The van der Waals surface area contributed by atoms with Gasteiger partial charge in [0.2, 0.25) is 10.0 Å². The van der Waals surface area contributed by atoms with Gasteiger partial charge < -0.3 is 10.1 Å². The first-order valence-electron chi connectivity index (χ1n) is 8.59. The third-order valence-corrected chi connectivity index (χ3v) is 5.99. The number of ether oxygens (including phenoxy) is 1. The summed E-state index contributed by atoms with van der Waals surface area (Å²) in [7, 11) is -3.82. The van der Waals surface area contributed by atoms with Gasteiger partial charge in [0, 0.05) is 10.5 Å². The molecule has 0 fully saturated rings. The summed E-state index contributed by atoms with van der Waals surface area (Å²) >= 11 is 3.17. The fourth-order valence-corrected chi connectivity index (χ4v) is 3.97. The van der Waals surface area contributed by atoms with E-state index in [0.717, 1.165) is 6.07 Å². The number of anilines is 1. The second-order valence-electron chi connectivity index (χ2n) is 6.43. The van der Waals surface area contributed by atoms with Gasteiger partial charge in [-0.25, -0.2) is 22.3 Å². The zero-order valence-corrected chi connectivity index (χ0v) is 18.3. The SMILES string of the molecule is CC(C)NS(=O)(=O)c1ccc(Br)c(C(=O)O[C@H](C)C(=O)Nc2ccccc2F)c1. The van der Waals surface area contributed by atoms with Crippen LogP contribution in [0.2, 0.25) is 0 Å². The van der Waals surface area contributed by atoms with Crippen LogP contribution in [0.1, 0.15) is 31.1 Å². The standard InChI is InChI=1S/C19H20BrFN2O5S/c1-11(2)23-29(26,27)13-8-9-15(20)14(10-13)19(25)28-12(3)18(24)22-17-7-5-4-6-16(17)21/h4-12,23H,1-3H3,(H,22,24)/t12-/m1/s1. The molecule has 7 nitrogen and oxygen atoms in total. The molecule has 2 N–H and O–H groups in total. The number of carbonyl (C=O) groups is 2. The van der Waals surface area contributed by atoms with Crippen molar-refractivity contribution in [2.75, 3.05) is 5.32 Å². The molecule has 1 amide bonds. The van der Waals surface area contributed by atoms with Crippen molar-refractivity contribution in [1.29, 1.82) is 0 Å². The number of hydrogen-bond donors (Lipinski definition) is 2. The summed E-state index contributed by atoms with van der Waals surface area (Å²) in [6, 6.07) is 9.12. The smallest absolute Gasteiger partial charge is 0.340 e. The fourth-order valence-electron chi connectivity index (χ4n) is 2.28. The number of sulfonamides is 1. The molecule has 0 radical (unpaired) electrons. The molecule has 2 aromatic rings. The zero-order valence-electron chi connectivity index (χ0n) is 15.9. The number of amides is 1. The molecule has 0 heterocycles. The average Bonchev–Trinajstić information content (AvgIpc) is 2.62. The number of carbonyl (C=O) groups excluding carboxylic acids is 2. The lowest BCUT2D eigenvalue weighted by Crippen LogP contribution is -2.31. The molecule has 0 aliphatic heterocycles. The van der Waals surface area contributed by atoms with E-state index >= 15 is 0 Å². The fraction of sp³-hybridized carbons (Fsp3) is 0.263. The van der Waals surface area contributed by atoms with Crippen molar-refractivity contribution in [2.45, 2.75) is 37.8 Å². The molecule has 0 saturated heterocycles. The van der Waals surface area contributed by atoms with Crippen molar-refractivity contribution in [3.8, 4) is 0 Å². The molecule has 1 atom stereocenters. The Kier molecular flexibility index (Phi) is 7.50. The van der Waals surface area contributed by atoms with Gasteiger partial charge in [0.1, 0.15) is 5.82 Å². The highest BCUT2D eigenvalue weighted by atomic mass is 79.9. The van der Waals surface area contributed by atoms with Crippen LogP contribution in [0.4, 0.5) is 10.1 Å². The van der Waals surface area contributed by atoms with E-state index in [4.69, 9.17) is 4.74 Å². The minimum atomic E-state index is -3.82. The average molecular weight is 487 g/mol. The number of nitrogens with one attached hydrogen (secondary N) is 2. The quantitative estimate of drug-likeness (QED) is 0.583. The minimum absolute atomic E-state index is 0.0468. The molecule has 29 heavy (non-hydrogen) atoms. The second-order valence-corrected chi connectivity index (χ2v) is 9.00. The first kappa shape index (κ1) is 23.0. The van der Waals surface area contributed by atoms with Gasteiger partial charge in [-0.1, -0.05) is 12.1 Å². The van der Waals surface area contributed by atoms with Crippen LogP contribution in [0.25, 0.3) is 0 Å². The maximum atomic E-state index is 13.6. The lowest BCUT2D eigenvalue weighted by molar-refractivity contribution is -0.123. The number of esters is 1. The topological polar surface area (TPSA) is 102 Å². The van der Waals surface area contributed by atoms with Crippen LogP contribution >= 0.6 is 15.9 Å². The highest BCUT2D eigenvalue weighted by molar-refractivity contribution is 9.10. The molecular formula is C19H20BrFN2O5S. The van der Waals surface area contributed by atoms with E-state index in [-0.39, 0.29) is 22.2 Å². The van der Waals surface area contributed by atoms with Crippen molar-refractivity contribution in [3.05, 3.63) is 58.3 Å². The predicted octanol–water partition coefficient (Wildman–Crippen LogP) is 3.46. The first-order valence-corrected chi connectivity index (χ1v) is 10.9. The van der Waals surface area contributed by atoms with Crippen LogP contribution < -0.4 is 10.0 Å². The highest BCUT2D eigenvalue weighted by Crippen LogP contribution is 2.23. The Morgan fingerprint density at radius 3 is 2.38 bits per heavy atom. The maximum absolute atomic E-state index is 13.6. The third kappa shape index (κ3) is 6.09. The molecular weight excluding hydrogens is 467 g/mol. The summed E-state index contributed by atoms with van der Waals surface area (Å²) < 4.78 is 46.1. The van der Waals surface area contributed by atoms with E-state index in [1.165, 1.54) is 37.3 Å². The lowest BCUT2D eigenvalue weighted by Gasteiger charge is -2.15. The van der Waals surface area contributed by atoms with E-state index in [1.807, 2.05) is 0 Å². The molecule has 0 aliphatic carbocycles. The summed E-state index contributed by atoms with van der Waals surface area (Å²) in [5.74, 6) is -2.27. The lowest BCUT2D eigenvalue weighted by atomic mass is 10.2. The van der Waals surface area contributed by atoms with E-state index in [2.05, 4.69) is 26.0 Å². The van der Waals surface area contributed by atoms with E-state index in [0.29, 0.717) is 4.47 Å². The van der Waals surface area contributed by atoms with Gasteiger partial charge in [0.25, 0.3) is 5.91 Å². The third-order valence-electron chi connectivity index (χ3n) is 3.64. The van der Waals surface area contributed by atoms with Crippen LogP contribution in [0.5, 0.6) is 0 Å². The van der Waals surface area contributed by atoms with Gasteiger partial charge in [0.05, 0.1) is 16.1 Å². The van der Waals surface area contributed by atoms with Crippen molar-refractivity contribution in [1.82, 2.24) is 4.72 Å². The largest absolute Gasteiger partial charge is 0.449 e. The Balaban J connectivity index is 2.16. The summed E-state index contributed by atoms with van der Waals surface area (Å²) in [5, 5.41) is 2.33. The summed E-state index contributed by atoms with van der Waals surface area (Å²) in [6.07, 6.45) is -1.25. The highest BCUT2D eigenvalue weighted by Gasteiger charge is 2.24. The van der Waals surface area contributed by atoms with Crippen molar-refractivity contribution >= 4 is 43.5 Å². The number of para-hydroxylation sites is 1. The predicted molar refractivity (Wildman–Crippen MR) is 110 cm³/mol. The Bertz CT molecular complexity index is 1030. The minimum Gasteiger partial charge on any atom is -0.449 e. The molecule has 0 saturated carbocycles. The molecule has 0 unspecified atom stereocenters. The van der Waals surface area contributed by atoms with E-state index in [9.17, 15) is 22.4 Å². The maximum Gasteiger partial charge on any atom is 0.340 e. The summed E-state index contributed by atoms with van der Waals surface area (Å²) in [5.41, 5.74) is -0.114. The Morgan fingerprint density at radius 1 is 1.10 bits per heavy atom. The van der Waals surface area contributed by atoms with Crippen LogP contribution in [-0.2, 0) is 19.6 Å². The van der Waals surface area contributed by atoms with Crippen molar-refractivity contribution in [2.24, 2.45) is 0 Å². The van der Waals surface area contributed by atoms with Crippen molar-refractivity contribution < 1.29 is 27.1 Å². The molecule has 10 heteroatoms. The monoisotopic (exact) mass is 486 g/mol. The normalized spacial score (nSPS) is 12.5. The van der Waals surface area contributed by atoms with E-state index in [1.54, 1.807) is 19.9 Å². The van der Waals surface area contributed by atoms with Gasteiger partial charge in [-0.15, -0.1) is 0 Å². The van der Waals surface area contributed by atoms with Gasteiger partial charge in [-0.2, -0.15) is 0 Å². The van der Waals surface area contributed by atoms with Gasteiger partial charge >= 0.3 is 5.97 Å². The zero-order chi connectivity index (χ0) is 21.8. The van der Waals surface area contributed by atoms with Crippen LogP contribution in [-0.4, -0.2) is 32.4 Å². The Morgan fingerprint density at radius 2 is 1.76 bits per heavy atom. The van der Waals surface area contributed by atoms with Gasteiger partial charge in [0.15, 0.2) is 6.10 Å². The van der Waals surface area contributed by atoms with Crippen molar-refractivity contribution in [3.63, 3.8) is 0 Å². The molecule has 0 bridgehead atoms. The number of hydrogen-bond acceptors (Lipinski definition) is 5. The molecule has 2 rings (SSSR count). The van der Waals surface area contributed by atoms with Crippen LogP contribution in [0.15, 0.2) is 51.8 Å². The molecule has 0 aliphatic rings. The molecule has 0 aromatic heterocycles. The molecule has 2 aromatic carbocycles. The summed E-state index contributed by atoms with van der Waals surface area (Å²) in [4.78, 5) is 24.6. The number of halogens is 2. The number of benzene rings is 2. The van der Waals surface area contributed by atoms with Crippen LogP contribution in [0, 0.1) is 5.82 Å². The van der Waals surface area contributed by atoms with Crippen LogP contribution in [0.3, 0.4) is 0 Å². The molecule has 156 valence electrons. The Hall–Kier alpha value is -2.30. The summed E-state index contributed by atoms with van der Waals surface area (Å²) in [6.45, 7) is 4.66. The van der Waals surface area contributed by atoms with Gasteiger partial charge in [-0.3, -0.25) is 4.79 Å². The Labute approximate surface area is 176 Å². The van der Waals surface area contributed by atoms with E-state index < -0.39 is 33.8 Å². The number of rotatable bonds is 7. The van der Waals surface area contributed by atoms with Gasteiger partial charge in [-0.05, 0) is 67.0 Å². The molecule has 0 spiro atoms.